The second-order valence-electron chi connectivity index (χ2n) is 3.11. The molecule has 0 aliphatic heterocycles. The summed E-state index contributed by atoms with van der Waals surface area (Å²) in [5, 5.41) is 8.67. The van der Waals surface area contributed by atoms with Crippen molar-refractivity contribution < 1.29 is 19.4 Å². The Bertz CT molecular complexity index is 329. The van der Waals surface area contributed by atoms with Gasteiger partial charge in [0.2, 0.25) is 0 Å². The molecule has 0 aliphatic carbocycles. The molecule has 1 N–H and O–H groups in total. The molecular weight excluding hydrogens is 196 g/mol. The van der Waals surface area contributed by atoms with E-state index >= 15 is 0 Å². The van der Waals surface area contributed by atoms with Crippen molar-refractivity contribution in [2.45, 2.75) is 19.4 Å². The topological polar surface area (TPSA) is 63.6 Å². The highest BCUT2D eigenvalue weighted by Crippen LogP contribution is 2.20. The van der Waals surface area contributed by atoms with Crippen molar-refractivity contribution in [1.82, 2.24) is 0 Å². The number of carboxylic acids is 1. The van der Waals surface area contributed by atoms with Crippen molar-refractivity contribution in [2.75, 3.05) is 0 Å². The summed E-state index contributed by atoms with van der Waals surface area (Å²) in [7, 11) is 0. The van der Waals surface area contributed by atoms with Gasteiger partial charge in [0.15, 0.2) is 0 Å². The van der Waals surface area contributed by atoms with Crippen molar-refractivity contribution >= 4 is 11.9 Å². The summed E-state index contributed by atoms with van der Waals surface area (Å²) < 4.78 is 4.93. The second kappa shape index (κ2) is 5.14. The molecule has 1 rings (SSSR count). The average Bonchev–Trinajstić information content (AvgIpc) is 2.17. The summed E-state index contributed by atoms with van der Waals surface area (Å²) in [6, 6.07) is 8.82. The van der Waals surface area contributed by atoms with Crippen molar-refractivity contribution in [3.8, 4) is 0 Å². The summed E-state index contributed by atoms with van der Waals surface area (Å²) >= 11 is 0. The van der Waals surface area contributed by atoms with E-state index in [-0.39, 0.29) is 6.42 Å². The normalized spacial score (nSPS) is 11.8. The molecule has 1 aromatic carbocycles. The molecule has 1 aromatic rings. The van der Waals surface area contributed by atoms with Crippen LogP contribution in [0.25, 0.3) is 0 Å². The minimum Gasteiger partial charge on any atom is -0.481 e. The standard InChI is InChI=1S/C11H12O4/c1-8(12)15-10(7-11(13)14)9-5-3-2-4-6-9/h2-6,10H,7H2,1H3,(H,13,14)/t10-/m0/s1. The van der Waals surface area contributed by atoms with Gasteiger partial charge in [-0.05, 0) is 5.56 Å². The first-order valence-corrected chi connectivity index (χ1v) is 4.53. The first-order chi connectivity index (χ1) is 7.09. The summed E-state index contributed by atoms with van der Waals surface area (Å²) in [6.07, 6.45) is -0.926. The van der Waals surface area contributed by atoms with Gasteiger partial charge in [0, 0.05) is 6.92 Å². The molecule has 0 spiro atoms. The maximum absolute atomic E-state index is 10.8. The number of hydrogen-bond acceptors (Lipinski definition) is 3. The Morgan fingerprint density at radius 3 is 2.40 bits per heavy atom. The lowest BCUT2D eigenvalue weighted by atomic mass is 10.1. The summed E-state index contributed by atoms with van der Waals surface area (Å²) in [5.74, 6) is -1.48. The van der Waals surface area contributed by atoms with Crippen LogP contribution in [0.3, 0.4) is 0 Å². The zero-order valence-electron chi connectivity index (χ0n) is 8.34. The Morgan fingerprint density at radius 2 is 1.93 bits per heavy atom. The molecule has 4 nitrogen and oxygen atoms in total. The number of carbonyl (C=O) groups is 2. The van der Waals surface area contributed by atoms with Crippen LogP contribution in [-0.4, -0.2) is 17.0 Å². The Balaban J connectivity index is 2.81. The lowest BCUT2D eigenvalue weighted by Gasteiger charge is -2.14. The van der Waals surface area contributed by atoms with Gasteiger partial charge in [-0.1, -0.05) is 30.3 Å². The maximum atomic E-state index is 10.8. The van der Waals surface area contributed by atoms with E-state index in [1.54, 1.807) is 24.3 Å². The highest BCUT2D eigenvalue weighted by molar-refractivity contribution is 5.70. The number of carboxylic acid groups (broad SMARTS) is 1. The molecular formula is C11H12O4. The molecule has 0 bridgehead atoms. The minimum atomic E-state index is -0.995. The molecule has 0 aromatic heterocycles. The fourth-order valence-corrected chi connectivity index (χ4v) is 1.25. The van der Waals surface area contributed by atoms with E-state index in [0.717, 1.165) is 0 Å². The van der Waals surface area contributed by atoms with E-state index in [9.17, 15) is 9.59 Å². The van der Waals surface area contributed by atoms with Crippen molar-refractivity contribution in [3.05, 3.63) is 35.9 Å². The molecule has 0 amide bonds. The van der Waals surface area contributed by atoms with Crippen molar-refractivity contribution in [3.63, 3.8) is 0 Å². The summed E-state index contributed by atoms with van der Waals surface area (Å²) in [5.41, 5.74) is 0.690. The Labute approximate surface area is 87.5 Å². The largest absolute Gasteiger partial charge is 0.481 e. The third-order valence-electron chi connectivity index (χ3n) is 1.84. The first kappa shape index (κ1) is 11.2. The van der Waals surface area contributed by atoms with Gasteiger partial charge in [-0.3, -0.25) is 9.59 Å². The molecule has 0 heterocycles. The SMILES string of the molecule is CC(=O)O[C@@H](CC(=O)O)c1ccccc1. The van der Waals surface area contributed by atoms with E-state index in [4.69, 9.17) is 9.84 Å². The maximum Gasteiger partial charge on any atom is 0.307 e. The van der Waals surface area contributed by atoms with Gasteiger partial charge in [0.05, 0.1) is 6.42 Å². The lowest BCUT2D eigenvalue weighted by molar-refractivity contribution is -0.151. The number of ether oxygens (including phenoxy) is 1. The molecule has 1 atom stereocenters. The van der Waals surface area contributed by atoms with Crippen LogP contribution in [-0.2, 0) is 14.3 Å². The zero-order valence-corrected chi connectivity index (χ0v) is 8.34. The molecule has 0 saturated heterocycles. The van der Waals surface area contributed by atoms with Gasteiger partial charge in [-0.25, -0.2) is 0 Å². The van der Waals surface area contributed by atoms with Crippen LogP contribution in [0.15, 0.2) is 30.3 Å². The van der Waals surface area contributed by atoms with E-state index < -0.39 is 18.0 Å². The third kappa shape index (κ3) is 3.81. The van der Waals surface area contributed by atoms with Crippen LogP contribution in [0.4, 0.5) is 0 Å². The monoisotopic (exact) mass is 208 g/mol. The zero-order chi connectivity index (χ0) is 11.3. The average molecular weight is 208 g/mol. The van der Waals surface area contributed by atoms with E-state index in [1.807, 2.05) is 6.07 Å². The van der Waals surface area contributed by atoms with Crippen LogP contribution in [0.1, 0.15) is 25.0 Å². The van der Waals surface area contributed by atoms with Crippen LogP contribution < -0.4 is 0 Å². The Kier molecular flexibility index (Phi) is 3.85. The molecule has 0 radical (unpaired) electrons. The van der Waals surface area contributed by atoms with Gasteiger partial charge in [-0.2, -0.15) is 0 Å². The molecule has 15 heavy (non-hydrogen) atoms. The van der Waals surface area contributed by atoms with Crippen LogP contribution in [0, 0.1) is 0 Å². The van der Waals surface area contributed by atoms with E-state index in [0.29, 0.717) is 5.56 Å². The predicted octanol–water partition coefficient (Wildman–Crippen LogP) is 1.77. The second-order valence-corrected chi connectivity index (χ2v) is 3.11. The number of rotatable bonds is 4. The van der Waals surface area contributed by atoms with Crippen LogP contribution in [0.5, 0.6) is 0 Å². The lowest BCUT2D eigenvalue weighted by Crippen LogP contribution is -2.12. The quantitative estimate of drug-likeness (QED) is 0.766. The van der Waals surface area contributed by atoms with Crippen LogP contribution >= 0.6 is 0 Å². The number of carbonyl (C=O) groups excluding carboxylic acids is 1. The molecule has 80 valence electrons. The smallest absolute Gasteiger partial charge is 0.307 e. The Hall–Kier alpha value is -1.84. The van der Waals surface area contributed by atoms with Crippen molar-refractivity contribution in [2.24, 2.45) is 0 Å². The fraction of sp³-hybridized carbons (Fsp3) is 0.273. The summed E-state index contributed by atoms with van der Waals surface area (Å²) in [4.78, 5) is 21.4. The number of aliphatic carboxylic acids is 1. The van der Waals surface area contributed by atoms with Gasteiger partial charge in [0.1, 0.15) is 6.10 Å². The third-order valence-corrected chi connectivity index (χ3v) is 1.84. The molecule has 0 aliphatic rings. The number of benzene rings is 1. The van der Waals surface area contributed by atoms with Crippen molar-refractivity contribution in [1.29, 1.82) is 0 Å². The molecule has 4 heteroatoms. The van der Waals surface area contributed by atoms with Gasteiger partial charge in [0.25, 0.3) is 0 Å². The fourth-order valence-electron chi connectivity index (χ4n) is 1.25. The Morgan fingerprint density at radius 1 is 1.33 bits per heavy atom. The van der Waals surface area contributed by atoms with Crippen LogP contribution in [0.2, 0.25) is 0 Å². The first-order valence-electron chi connectivity index (χ1n) is 4.53. The predicted molar refractivity (Wildman–Crippen MR) is 53.2 cm³/mol. The highest BCUT2D eigenvalue weighted by atomic mass is 16.5. The summed E-state index contributed by atoms with van der Waals surface area (Å²) in [6.45, 7) is 1.26. The number of esters is 1. The van der Waals surface area contributed by atoms with Gasteiger partial charge >= 0.3 is 11.9 Å². The molecule has 0 fully saturated rings. The number of hydrogen-bond donors (Lipinski definition) is 1. The van der Waals surface area contributed by atoms with E-state index in [1.165, 1.54) is 6.92 Å². The van der Waals surface area contributed by atoms with E-state index in [2.05, 4.69) is 0 Å². The molecule has 0 saturated carbocycles. The van der Waals surface area contributed by atoms with Gasteiger partial charge in [-0.15, -0.1) is 0 Å². The van der Waals surface area contributed by atoms with Gasteiger partial charge < -0.3 is 9.84 Å². The highest BCUT2D eigenvalue weighted by Gasteiger charge is 2.17. The minimum absolute atomic E-state index is 0.219. The molecule has 0 unspecified atom stereocenters.